The van der Waals surface area contributed by atoms with Crippen LogP contribution in [0.25, 0.3) is 0 Å². The van der Waals surface area contributed by atoms with Crippen molar-refractivity contribution in [2.75, 3.05) is 6.54 Å². The Morgan fingerprint density at radius 3 is 2.50 bits per heavy atom. The highest BCUT2D eigenvalue weighted by molar-refractivity contribution is 5.73. The van der Waals surface area contributed by atoms with Crippen LogP contribution in [0.2, 0.25) is 0 Å². The fourth-order valence-electron chi connectivity index (χ4n) is 1.67. The lowest BCUT2D eigenvalue weighted by molar-refractivity contribution is -0.117. The number of carbonyl (C=O) groups is 1. The molecule has 0 spiro atoms. The van der Waals surface area contributed by atoms with E-state index in [0.717, 1.165) is 6.42 Å². The maximum Gasteiger partial charge on any atom is 0.218 e. The normalized spacial score (nSPS) is 12.4. The molecular weight excluding hydrogens is 200 g/mol. The Labute approximate surface area is 97.0 Å². The van der Waals surface area contributed by atoms with Crippen LogP contribution < -0.4 is 11.1 Å². The molecule has 1 aromatic carbocycles. The van der Waals surface area contributed by atoms with Crippen LogP contribution in [0.15, 0.2) is 24.3 Å². The third kappa shape index (κ3) is 4.03. The summed E-state index contributed by atoms with van der Waals surface area (Å²) in [6.07, 6.45) is 1.39. The highest BCUT2D eigenvalue weighted by Gasteiger charge is 2.08. The van der Waals surface area contributed by atoms with E-state index < -0.39 is 0 Å². The van der Waals surface area contributed by atoms with Crippen molar-refractivity contribution >= 4 is 5.91 Å². The number of hydrogen-bond acceptors (Lipinski definition) is 2. The Hall–Kier alpha value is -1.35. The number of rotatable bonds is 6. The number of aryl methyl sites for hydroxylation is 1. The SMILES string of the molecule is CCC(NCCC(N)=O)c1ccc(C)cc1. The van der Waals surface area contributed by atoms with E-state index in [2.05, 4.69) is 43.4 Å². The van der Waals surface area contributed by atoms with Gasteiger partial charge in [-0.25, -0.2) is 0 Å². The van der Waals surface area contributed by atoms with Crippen LogP contribution in [0.4, 0.5) is 0 Å². The maximum atomic E-state index is 10.6. The van der Waals surface area contributed by atoms with Gasteiger partial charge < -0.3 is 11.1 Å². The quantitative estimate of drug-likeness (QED) is 0.769. The molecule has 1 aromatic rings. The summed E-state index contributed by atoms with van der Waals surface area (Å²) in [6, 6.07) is 8.77. The summed E-state index contributed by atoms with van der Waals surface area (Å²) >= 11 is 0. The smallest absolute Gasteiger partial charge is 0.218 e. The second-order valence-corrected chi connectivity index (χ2v) is 4.04. The van der Waals surface area contributed by atoms with Crippen LogP contribution in [0.3, 0.4) is 0 Å². The molecule has 0 aliphatic carbocycles. The lowest BCUT2D eigenvalue weighted by Crippen LogP contribution is -2.25. The summed E-state index contributed by atoms with van der Waals surface area (Å²) in [6.45, 7) is 4.84. The molecule has 0 aromatic heterocycles. The molecule has 0 radical (unpaired) electrons. The van der Waals surface area contributed by atoms with Crippen LogP contribution in [0, 0.1) is 6.92 Å². The van der Waals surface area contributed by atoms with Gasteiger partial charge >= 0.3 is 0 Å². The zero-order valence-electron chi connectivity index (χ0n) is 9.99. The van der Waals surface area contributed by atoms with Gasteiger partial charge in [-0.3, -0.25) is 4.79 Å². The first-order chi connectivity index (χ1) is 7.63. The predicted molar refractivity (Wildman–Crippen MR) is 66.0 cm³/mol. The van der Waals surface area contributed by atoms with Crippen LogP contribution >= 0.6 is 0 Å². The van der Waals surface area contributed by atoms with Gasteiger partial charge in [0.15, 0.2) is 0 Å². The fourth-order valence-corrected chi connectivity index (χ4v) is 1.67. The Kier molecular flexibility index (Phi) is 4.99. The Morgan fingerprint density at radius 1 is 1.38 bits per heavy atom. The summed E-state index contributed by atoms with van der Waals surface area (Å²) in [7, 11) is 0. The molecule has 3 nitrogen and oxygen atoms in total. The highest BCUT2D eigenvalue weighted by Crippen LogP contribution is 2.16. The molecular formula is C13H20N2O. The molecule has 1 rings (SSSR count). The van der Waals surface area contributed by atoms with Crippen LogP contribution in [0.5, 0.6) is 0 Å². The first kappa shape index (κ1) is 12.7. The van der Waals surface area contributed by atoms with Crippen molar-refractivity contribution in [3.8, 4) is 0 Å². The van der Waals surface area contributed by atoms with Gasteiger partial charge in [-0.2, -0.15) is 0 Å². The Bertz CT molecular complexity index is 332. The average Bonchev–Trinajstić information content (AvgIpc) is 2.26. The van der Waals surface area contributed by atoms with Crippen molar-refractivity contribution in [3.05, 3.63) is 35.4 Å². The Balaban J connectivity index is 2.53. The van der Waals surface area contributed by atoms with E-state index in [1.54, 1.807) is 0 Å². The van der Waals surface area contributed by atoms with Gasteiger partial charge in [-0.05, 0) is 18.9 Å². The summed E-state index contributed by atoms with van der Waals surface area (Å²) in [5, 5.41) is 3.34. The van der Waals surface area contributed by atoms with Crippen LogP contribution in [0.1, 0.15) is 36.9 Å². The lowest BCUT2D eigenvalue weighted by Gasteiger charge is -2.17. The fraction of sp³-hybridized carbons (Fsp3) is 0.462. The van der Waals surface area contributed by atoms with Crippen LogP contribution in [-0.2, 0) is 4.79 Å². The third-order valence-electron chi connectivity index (χ3n) is 2.65. The molecule has 16 heavy (non-hydrogen) atoms. The molecule has 1 atom stereocenters. The number of hydrogen-bond donors (Lipinski definition) is 2. The van der Waals surface area contributed by atoms with Crippen molar-refractivity contribution < 1.29 is 4.79 Å². The topological polar surface area (TPSA) is 55.1 Å². The molecule has 0 heterocycles. The number of benzene rings is 1. The van der Waals surface area contributed by atoms with Gasteiger partial charge in [0.1, 0.15) is 0 Å². The van der Waals surface area contributed by atoms with Gasteiger partial charge in [0, 0.05) is 19.0 Å². The number of amides is 1. The molecule has 0 bridgehead atoms. The first-order valence-corrected chi connectivity index (χ1v) is 5.71. The van der Waals surface area contributed by atoms with E-state index in [9.17, 15) is 4.79 Å². The van der Waals surface area contributed by atoms with Crippen molar-refractivity contribution in [2.45, 2.75) is 32.7 Å². The van der Waals surface area contributed by atoms with Crippen molar-refractivity contribution in [1.29, 1.82) is 0 Å². The zero-order valence-corrected chi connectivity index (χ0v) is 9.99. The van der Waals surface area contributed by atoms with E-state index in [1.807, 2.05) is 0 Å². The molecule has 1 unspecified atom stereocenters. The molecule has 0 saturated heterocycles. The van der Waals surface area contributed by atoms with Gasteiger partial charge in [-0.15, -0.1) is 0 Å². The van der Waals surface area contributed by atoms with Crippen molar-refractivity contribution in [2.24, 2.45) is 5.73 Å². The van der Waals surface area contributed by atoms with E-state index >= 15 is 0 Å². The second-order valence-electron chi connectivity index (χ2n) is 4.04. The summed E-state index contributed by atoms with van der Waals surface area (Å²) in [5.41, 5.74) is 7.62. The minimum absolute atomic E-state index is 0.258. The standard InChI is InChI=1S/C13H20N2O/c1-3-12(15-9-8-13(14)16)11-6-4-10(2)5-7-11/h4-7,12,15H,3,8-9H2,1-2H3,(H2,14,16). The van der Waals surface area contributed by atoms with Gasteiger partial charge in [0.05, 0.1) is 0 Å². The van der Waals surface area contributed by atoms with E-state index in [1.165, 1.54) is 11.1 Å². The molecule has 3 N–H and O–H groups in total. The summed E-state index contributed by atoms with van der Waals surface area (Å²) in [5.74, 6) is -0.258. The van der Waals surface area contributed by atoms with Crippen molar-refractivity contribution in [3.63, 3.8) is 0 Å². The monoisotopic (exact) mass is 220 g/mol. The van der Waals surface area contributed by atoms with E-state index in [0.29, 0.717) is 19.0 Å². The predicted octanol–water partition coefficient (Wildman–Crippen LogP) is 1.91. The van der Waals surface area contributed by atoms with Gasteiger partial charge in [-0.1, -0.05) is 36.8 Å². The molecule has 88 valence electrons. The van der Waals surface area contributed by atoms with E-state index in [-0.39, 0.29) is 5.91 Å². The lowest BCUT2D eigenvalue weighted by atomic mass is 10.0. The molecule has 1 amide bonds. The highest BCUT2D eigenvalue weighted by atomic mass is 16.1. The number of nitrogens with one attached hydrogen (secondary N) is 1. The Morgan fingerprint density at radius 2 is 2.00 bits per heavy atom. The summed E-state index contributed by atoms with van der Waals surface area (Å²) < 4.78 is 0. The molecule has 0 aliphatic heterocycles. The minimum Gasteiger partial charge on any atom is -0.370 e. The molecule has 3 heteroatoms. The third-order valence-corrected chi connectivity index (χ3v) is 2.65. The molecule has 0 aliphatic rings. The van der Waals surface area contributed by atoms with Gasteiger partial charge in [0.2, 0.25) is 5.91 Å². The number of nitrogens with two attached hydrogens (primary N) is 1. The van der Waals surface area contributed by atoms with Crippen LogP contribution in [-0.4, -0.2) is 12.5 Å². The largest absolute Gasteiger partial charge is 0.370 e. The van der Waals surface area contributed by atoms with Gasteiger partial charge in [0.25, 0.3) is 0 Å². The number of carbonyl (C=O) groups excluding carboxylic acids is 1. The average molecular weight is 220 g/mol. The number of primary amides is 1. The zero-order chi connectivity index (χ0) is 12.0. The van der Waals surface area contributed by atoms with Crippen molar-refractivity contribution in [1.82, 2.24) is 5.32 Å². The maximum absolute atomic E-state index is 10.6. The molecule has 0 saturated carbocycles. The van der Waals surface area contributed by atoms with E-state index in [4.69, 9.17) is 5.73 Å². The second kappa shape index (κ2) is 6.28. The first-order valence-electron chi connectivity index (χ1n) is 5.71. The minimum atomic E-state index is -0.258. The summed E-state index contributed by atoms with van der Waals surface area (Å²) in [4.78, 5) is 10.6. The molecule has 0 fully saturated rings.